The molecule has 0 aromatic carbocycles. The van der Waals surface area contributed by atoms with Crippen LogP contribution in [0.4, 0.5) is 5.82 Å². The Morgan fingerprint density at radius 1 is 1.44 bits per heavy atom. The minimum atomic E-state index is 0.0201. The molecule has 3 nitrogen and oxygen atoms in total. The van der Waals surface area contributed by atoms with Gasteiger partial charge in [-0.05, 0) is 34.8 Å². The van der Waals surface area contributed by atoms with Crippen molar-refractivity contribution in [3.05, 3.63) is 22.3 Å². The maximum atomic E-state index is 9.33. The van der Waals surface area contributed by atoms with E-state index in [9.17, 15) is 5.11 Å². The number of aromatic nitrogens is 1. The zero-order valence-electron chi connectivity index (χ0n) is 10.1. The second-order valence-electron chi connectivity index (χ2n) is 3.88. The Morgan fingerprint density at radius 3 is 2.56 bits per heavy atom. The molecule has 0 aliphatic carbocycles. The van der Waals surface area contributed by atoms with Crippen LogP contribution in [0.2, 0.25) is 0 Å². The molecule has 0 aliphatic heterocycles. The van der Waals surface area contributed by atoms with E-state index in [4.69, 9.17) is 0 Å². The third-order valence-corrected chi connectivity index (χ3v) is 3.34. The lowest BCUT2D eigenvalue weighted by Crippen LogP contribution is -2.31. The third kappa shape index (κ3) is 2.95. The summed E-state index contributed by atoms with van der Waals surface area (Å²) in [5, 5.41) is 9.33. The summed E-state index contributed by atoms with van der Waals surface area (Å²) in [4.78, 5) is 6.54. The van der Waals surface area contributed by atoms with Crippen molar-refractivity contribution in [2.24, 2.45) is 0 Å². The first kappa shape index (κ1) is 13.5. The highest BCUT2D eigenvalue weighted by atomic mass is 79.9. The summed E-state index contributed by atoms with van der Waals surface area (Å²) >= 11 is 3.37. The van der Waals surface area contributed by atoms with Crippen molar-refractivity contribution < 1.29 is 5.11 Å². The summed E-state index contributed by atoms with van der Waals surface area (Å²) in [7, 11) is 2.03. The van der Waals surface area contributed by atoms with Crippen LogP contribution in [0.1, 0.15) is 32.3 Å². The maximum Gasteiger partial charge on any atom is 0.134 e. The van der Waals surface area contributed by atoms with Gasteiger partial charge in [-0.25, -0.2) is 4.98 Å². The SMILES string of the molecule is CCC(CC)N(C)c1ncc(Br)cc1CO. The van der Waals surface area contributed by atoms with Crippen LogP contribution in [0.3, 0.4) is 0 Å². The molecule has 1 aromatic heterocycles. The molecule has 0 saturated heterocycles. The first-order valence-electron chi connectivity index (χ1n) is 5.62. The molecule has 0 saturated carbocycles. The molecule has 16 heavy (non-hydrogen) atoms. The molecule has 1 heterocycles. The third-order valence-electron chi connectivity index (χ3n) is 2.90. The molecular weight excluding hydrogens is 268 g/mol. The molecule has 0 bridgehead atoms. The molecule has 0 amide bonds. The van der Waals surface area contributed by atoms with Crippen LogP contribution in [0.25, 0.3) is 0 Å². The van der Waals surface area contributed by atoms with Crippen LogP contribution in [0, 0.1) is 0 Å². The number of anilines is 1. The van der Waals surface area contributed by atoms with Crippen LogP contribution < -0.4 is 4.90 Å². The Bertz CT molecular complexity index is 340. The minimum absolute atomic E-state index is 0.0201. The van der Waals surface area contributed by atoms with Gasteiger partial charge < -0.3 is 10.0 Å². The van der Waals surface area contributed by atoms with E-state index < -0.39 is 0 Å². The summed E-state index contributed by atoms with van der Waals surface area (Å²) in [5.41, 5.74) is 0.865. The Hall–Kier alpha value is -0.610. The molecule has 0 radical (unpaired) electrons. The number of pyridine rings is 1. The number of hydrogen-bond donors (Lipinski definition) is 1. The molecular formula is C12H19BrN2O. The highest BCUT2D eigenvalue weighted by molar-refractivity contribution is 9.10. The highest BCUT2D eigenvalue weighted by Crippen LogP contribution is 2.23. The van der Waals surface area contributed by atoms with Gasteiger partial charge in [0.25, 0.3) is 0 Å². The largest absolute Gasteiger partial charge is 0.392 e. The monoisotopic (exact) mass is 286 g/mol. The van der Waals surface area contributed by atoms with Crippen molar-refractivity contribution in [1.82, 2.24) is 4.98 Å². The van der Waals surface area contributed by atoms with Crippen LogP contribution in [-0.4, -0.2) is 23.2 Å². The molecule has 0 spiro atoms. The molecule has 1 rings (SSSR count). The van der Waals surface area contributed by atoms with Crippen LogP contribution in [0.5, 0.6) is 0 Å². The zero-order chi connectivity index (χ0) is 12.1. The van der Waals surface area contributed by atoms with Gasteiger partial charge >= 0.3 is 0 Å². The van der Waals surface area contributed by atoms with Crippen molar-refractivity contribution in [2.45, 2.75) is 39.3 Å². The second kappa shape index (κ2) is 6.21. The highest BCUT2D eigenvalue weighted by Gasteiger charge is 2.15. The van der Waals surface area contributed by atoms with Crippen LogP contribution >= 0.6 is 15.9 Å². The molecule has 1 aromatic rings. The summed E-state index contributed by atoms with van der Waals surface area (Å²) < 4.78 is 0.901. The van der Waals surface area contributed by atoms with Crippen molar-refractivity contribution >= 4 is 21.7 Å². The summed E-state index contributed by atoms with van der Waals surface area (Å²) in [5.74, 6) is 0.874. The smallest absolute Gasteiger partial charge is 0.134 e. The quantitative estimate of drug-likeness (QED) is 0.904. The minimum Gasteiger partial charge on any atom is -0.392 e. The van der Waals surface area contributed by atoms with Crippen LogP contribution in [0.15, 0.2) is 16.7 Å². The Balaban J connectivity index is 3.02. The maximum absolute atomic E-state index is 9.33. The lowest BCUT2D eigenvalue weighted by atomic mass is 10.1. The van der Waals surface area contributed by atoms with Crippen molar-refractivity contribution in [3.63, 3.8) is 0 Å². The fourth-order valence-electron chi connectivity index (χ4n) is 1.92. The Morgan fingerprint density at radius 2 is 2.06 bits per heavy atom. The van der Waals surface area contributed by atoms with Gasteiger partial charge in [0.2, 0.25) is 0 Å². The summed E-state index contributed by atoms with van der Waals surface area (Å²) in [6, 6.07) is 2.39. The van der Waals surface area contributed by atoms with E-state index in [2.05, 4.69) is 39.7 Å². The van der Waals surface area contributed by atoms with E-state index in [1.54, 1.807) is 6.20 Å². The zero-order valence-corrected chi connectivity index (χ0v) is 11.7. The van der Waals surface area contributed by atoms with E-state index >= 15 is 0 Å². The first-order valence-corrected chi connectivity index (χ1v) is 6.41. The molecule has 90 valence electrons. The predicted octanol–water partition coefficient (Wildman–Crippen LogP) is 2.96. The van der Waals surface area contributed by atoms with E-state index in [0.29, 0.717) is 6.04 Å². The molecule has 0 aliphatic rings. The number of rotatable bonds is 5. The molecule has 0 fully saturated rings. The van der Waals surface area contributed by atoms with E-state index in [1.807, 2.05) is 13.1 Å². The predicted molar refractivity (Wildman–Crippen MR) is 70.6 cm³/mol. The standard InChI is InChI=1S/C12H19BrN2O/c1-4-11(5-2)15(3)12-9(8-16)6-10(13)7-14-12/h6-7,11,16H,4-5,8H2,1-3H3. The number of aliphatic hydroxyl groups is 1. The topological polar surface area (TPSA) is 36.4 Å². The molecule has 0 unspecified atom stereocenters. The van der Waals surface area contributed by atoms with Gasteiger partial charge in [0.05, 0.1) is 6.61 Å². The number of hydrogen-bond acceptors (Lipinski definition) is 3. The lowest BCUT2D eigenvalue weighted by Gasteiger charge is -2.28. The van der Waals surface area contributed by atoms with Gasteiger partial charge in [0.1, 0.15) is 5.82 Å². The van der Waals surface area contributed by atoms with Gasteiger partial charge in [-0.3, -0.25) is 0 Å². The van der Waals surface area contributed by atoms with Crippen molar-refractivity contribution in [3.8, 4) is 0 Å². The Kier molecular flexibility index (Phi) is 5.22. The number of halogens is 1. The van der Waals surface area contributed by atoms with Crippen molar-refractivity contribution in [1.29, 1.82) is 0 Å². The molecule has 0 atom stereocenters. The lowest BCUT2D eigenvalue weighted by molar-refractivity contribution is 0.281. The average molecular weight is 287 g/mol. The first-order chi connectivity index (χ1) is 7.63. The van der Waals surface area contributed by atoms with Crippen LogP contribution in [-0.2, 0) is 6.61 Å². The van der Waals surface area contributed by atoms with E-state index in [1.165, 1.54) is 0 Å². The van der Waals surface area contributed by atoms with Gasteiger partial charge in [-0.1, -0.05) is 13.8 Å². The van der Waals surface area contributed by atoms with E-state index in [-0.39, 0.29) is 6.61 Å². The molecule has 4 heteroatoms. The van der Waals surface area contributed by atoms with E-state index in [0.717, 1.165) is 28.7 Å². The normalized spacial score (nSPS) is 10.9. The van der Waals surface area contributed by atoms with Gasteiger partial charge in [0, 0.05) is 29.3 Å². The summed E-state index contributed by atoms with van der Waals surface area (Å²) in [6.45, 7) is 4.36. The number of aliphatic hydroxyl groups excluding tert-OH is 1. The summed E-state index contributed by atoms with van der Waals surface area (Å²) in [6.07, 6.45) is 3.93. The second-order valence-corrected chi connectivity index (χ2v) is 4.79. The fraction of sp³-hybridized carbons (Fsp3) is 0.583. The van der Waals surface area contributed by atoms with Gasteiger partial charge in [-0.15, -0.1) is 0 Å². The average Bonchev–Trinajstić information content (AvgIpc) is 2.30. The molecule has 1 N–H and O–H groups in total. The van der Waals surface area contributed by atoms with Gasteiger partial charge in [0.15, 0.2) is 0 Å². The van der Waals surface area contributed by atoms with Crippen molar-refractivity contribution in [2.75, 3.05) is 11.9 Å². The Labute approximate surface area is 106 Å². The van der Waals surface area contributed by atoms with Gasteiger partial charge in [-0.2, -0.15) is 0 Å². The number of nitrogens with zero attached hydrogens (tertiary/aromatic N) is 2. The fourth-order valence-corrected chi connectivity index (χ4v) is 2.30.